The summed E-state index contributed by atoms with van der Waals surface area (Å²) in [5.41, 5.74) is 0. The summed E-state index contributed by atoms with van der Waals surface area (Å²) in [5, 5.41) is 10.6. The van der Waals surface area contributed by atoms with E-state index in [1.807, 2.05) is 0 Å². The zero-order chi connectivity index (χ0) is 16.6. The predicted molar refractivity (Wildman–Crippen MR) is 87.1 cm³/mol. The van der Waals surface area contributed by atoms with E-state index in [2.05, 4.69) is 0 Å². The van der Waals surface area contributed by atoms with Gasteiger partial charge in [0.1, 0.15) is 4.90 Å². The monoisotopic (exact) mass is 337 g/mol. The molecule has 1 heterocycles. The average Bonchev–Trinajstić information content (AvgIpc) is 2.55. The van der Waals surface area contributed by atoms with E-state index >= 15 is 0 Å². The molecule has 1 aliphatic heterocycles. The topological polar surface area (TPSA) is 57.6 Å². The van der Waals surface area contributed by atoms with Crippen LogP contribution in [-0.4, -0.2) is 37.0 Å². The molecule has 1 N–H and O–H groups in total. The first-order valence-corrected chi connectivity index (χ1v) is 9.20. The van der Waals surface area contributed by atoms with E-state index in [0.717, 1.165) is 0 Å². The molecule has 0 aromatic heterocycles. The Kier molecular flexibility index (Phi) is 4.40. The Balaban J connectivity index is 1.93. The van der Waals surface area contributed by atoms with Crippen LogP contribution in [0.5, 0.6) is 0 Å². The van der Waals surface area contributed by atoms with Gasteiger partial charge in [-0.05, 0) is 37.1 Å². The highest BCUT2D eigenvalue weighted by Gasteiger charge is 2.32. The summed E-state index contributed by atoms with van der Waals surface area (Å²) < 4.78 is 41.5. The Morgan fingerprint density at radius 3 is 2.48 bits per heavy atom. The minimum atomic E-state index is -3.86. The zero-order valence-electron chi connectivity index (χ0n) is 12.9. The second-order valence-electron chi connectivity index (χ2n) is 6.08. The molecule has 0 saturated carbocycles. The van der Waals surface area contributed by atoms with Crippen molar-refractivity contribution in [2.45, 2.75) is 30.8 Å². The number of piperidine rings is 1. The van der Waals surface area contributed by atoms with Crippen LogP contribution in [0.2, 0.25) is 0 Å². The van der Waals surface area contributed by atoms with Crippen LogP contribution in [0, 0.1) is 11.7 Å². The largest absolute Gasteiger partial charge is 0.393 e. The number of hydrogen-bond acceptors (Lipinski definition) is 3. The quantitative estimate of drug-likeness (QED) is 0.937. The number of fused-ring (bicyclic) bond motifs is 1. The number of hydrogen-bond donors (Lipinski definition) is 1. The van der Waals surface area contributed by atoms with Gasteiger partial charge in [-0.15, -0.1) is 0 Å². The lowest BCUT2D eigenvalue weighted by Crippen LogP contribution is -2.40. The summed E-state index contributed by atoms with van der Waals surface area (Å²) in [6.07, 6.45) is 0.732. The van der Waals surface area contributed by atoms with Crippen LogP contribution in [-0.2, 0) is 10.0 Å². The molecule has 0 spiro atoms. The first-order valence-electron chi connectivity index (χ1n) is 7.76. The van der Waals surface area contributed by atoms with Crippen molar-refractivity contribution in [2.24, 2.45) is 5.92 Å². The van der Waals surface area contributed by atoms with Crippen molar-refractivity contribution < 1.29 is 17.9 Å². The van der Waals surface area contributed by atoms with Gasteiger partial charge in [0.15, 0.2) is 5.82 Å². The highest BCUT2D eigenvalue weighted by atomic mass is 32.2. The third kappa shape index (κ3) is 2.98. The SMILES string of the molecule is CC(O)C1CCN(S(=O)(=O)c2ccc3ccccc3c2F)CC1. The van der Waals surface area contributed by atoms with Crippen molar-refractivity contribution in [3.8, 4) is 0 Å². The van der Waals surface area contributed by atoms with Crippen molar-refractivity contribution in [1.82, 2.24) is 4.31 Å². The molecule has 3 rings (SSSR count). The van der Waals surface area contributed by atoms with Gasteiger partial charge in [-0.25, -0.2) is 12.8 Å². The molecule has 0 amide bonds. The highest BCUT2D eigenvalue weighted by molar-refractivity contribution is 7.89. The van der Waals surface area contributed by atoms with Crippen molar-refractivity contribution in [1.29, 1.82) is 0 Å². The molecule has 124 valence electrons. The molecule has 1 aliphatic rings. The van der Waals surface area contributed by atoms with Crippen LogP contribution in [0.3, 0.4) is 0 Å². The Bertz CT molecular complexity index is 812. The molecule has 2 aromatic rings. The van der Waals surface area contributed by atoms with Gasteiger partial charge >= 0.3 is 0 Å². The van der Waals surface area contributed by atoms with E-state index in [9.17, 15) is 17.9 Å². The fourth-order valence-corrected chi connectivity index (χ4v) is 4.70. The number of rotatable bonds is 3. The van der Waals surface area contributed by atoms with Gasteiger partial charge in [0.05, 0.1) is 6.10 Å². The van der Waals surface area contributed by atoms with Gasteiger partial charge in [0.2, 0.25) is 10.0 Å². The maximum atomic E-state index is 14.7. The average molecular weight is 337 g/mol. The number of nitrogens with zero attached hydrogens (tertiary/aromatic N) is 1. The minimum Gasteiger partial charge on any atom is -0.393 e. The van der Waals surface area contributed by atoms with Crippen LogP contribution in [0.1, 0.15) is 19.8 Å². The lowest BCUT2D eigenvalue weighted by molar-refractivity contribution is 0.0911. The third-order valence-corrected chi connectivity index (χ3v) is 6.54. The van der Waals surface area contributed by atoms with E-state index in [1.54, 1.807) is 37.3 Å². The first kappa shape index (κ1) is 16.4. The summed E-state index contributed by atoms with van der Waals surface area (Å²) in [6.45, 7) is 2.34. The van der Waals surface area contributed by atoms with Gasteiger partial charge in [-0.3, -0.25) is 0 Å². The standard InChI is InChI=1S/C17H20FNO3S/c1-12(20)13-8-10-19(11-9-13)23(21,22)16-7-6-14-4-2-3-5-15(14)17(16)18/h2-7,12-13,20H,8-11H2,1H3. The maximum absolute atomic E-state index is 14.7. The second kappa shape index (κ2) is 6.19. The fourth-order valence-electron chi connectivity index (χ4n) is 3.15. The molecule has 23 heavy (non-hydrogen) atoms. The second-order valence-corrected chi connectivity index (χ2v) is 7.99. The Morgan fingerprint density at radius 2 is 1.83 bits per heavy atom. The molecule has 6 heteroatoms. The van der Waals surface area contributed by atoms with E-state index in [0.29, 0.717) is 36.7 Å². The minimum absolute atomic E-state index is 0.0999. The van der Waals surface area contributed by atoms with Crippen molar-refractivity contribution in [3.63, 3.8) is 0 Å². The number of benzene rings is 2. The molecule has 0 aliphatic carbocycles. The predicted octanol–water partition coefficient (Wildman–Crippen LogP) is 2.76. The van der Waals surface area contributed by atoms with Gasteiger partial charge in [0, 0.05) is 18.5 Å². The van der Waals surface area contributed by atoms with E-state index < -0.39 is 21.9 Å². The summed E-state index contributed by atoms with van der Waals surface area (Å²) in [6, 6.07) is 9.79. The Labute approximate surface area is 135 Å². The highest BCUT2D eigenvalue weighted by Crippen LogP contribution is 2.29. The lowest BCUT2D eigenvalue weighted by Gasteiger charge is -2.32. The van der Waals surface area contributed by atoms with Crippen molar-refractivity contribution >= 4 is 20.8 Å². The summed E-state index contributed by atoms with van der Waals surface area (Å²) in [5.74, 6) is -0.594. The van der Waals surface area contributed by atoms with E-state index in [1.165, 1.54) is 10.4 Å². The van der Waals surface area contributed by atoms with Gasteiger partial charge in [-0.1, -0.05) is 30.3 Å². The number of sulfonamides is 1. The molecule has 0 bridgehead atoms. The molecule has 4 nitrogen and oxygen atoms in total. The summed E-state index contributed by atoms with van der Waals surface area (Å²) in [7, 11) is -3.86. The molecular weight excluding hydrogens is 317 g/mol. The molecule has 1 saturated heterocycles. The smallest absolute Gasteiger partial charge is 0.246 e. The lowest BCUT2D eigenvalue weighted by atomic mass is 9.93. The summed E-state index contributed by atoms with van der Waals surface area (Å²) in [4.78, 5) is -0.272. The van der Waals surface area contributed by atoms with Crippen LogP contribution >= 0.6 is 0 Å². The number of aliphatic hydroxyl groups excluding tert-OH is 1. The van der Waals surface area contributed by atoms with Crippen LogP contribution in [0.4, 0.5) is 4.39 Å². The van der Waals surface area contributed by atoms with Crippen LogP contribution < -0.4 is 0 Å². The van der Waals surface area contributed by atoms with Crippen LogP contribution in [0.25, 0.3) is 10.8 Å². The van der Waals surface area contributed by atoms with Crippen molar-refractivity contribution in [2.75, 3.05) is 13.1 Å². The molecule has 1 unspecified atom stereocenters. The molecule has 1 fully saturated rings. The third-order valence-electron chi connectivity index (χ3n) is 4.63. The Morgan fingerprint density at radius 1 is 1.17 bits per heavy atom. The Hall–Kier alpha value is -1.50. The zero-order valence-corrected chi connectivity index (χ0v) is 13.8. The number of halogens is 1. The maximum Gasteiger partial charge on any atom is 0.246 e. The summed E-state index contributed by atoms with van der Waals surface area (Å²) >= 11 is 0. The normalized spacial score (nSPS) is 19.1. The van der Waals surface area contributed by atoms with E-state index in [4.69, 9.17) is 0 Å². The molecule has 0 radical (unpaired) electrons. The molecule has 1 atom stereocenters. The van der Waals surface area contributed by atoms with Crippen molar-refractivity contribution in [3.05, 3.63) is 42.2 Å². The molecular formula is C17H20FNO3S. The van der Waals surface area contributed by atoms with Crippen LogP contribution in [0.15, 0.2) is 41.3 Å². The van der Waals surface area contributed by atoms with E-state index in [-0.39, 0.29) is 10.8 Å². The molecule has 2 aromatic carbocycles. The fraction of sp³-hybridized carbons (Fsp3) is 0.412. The number of aliphatic hydroxyl groups is 1. The van der Waals surface area contributed by atoms with Gasteiger partial charge < -0.3 is 5.11 Å². The van der Waals surface area contributed by atoms with Gasteiger partial charge in [0.25, 0.3) is 0 Å². The first-order chi connectivity index (χ1) is 10.9. The van der Waals surface area contributed by atoms with Gasteiger partial charge in [-0.2, -0.15) is 4.31 Å².